The number of fused-ring (bicyclic) bond motifs is 2. The largest absolute Gasteiger partial charge is 0.369 e. The van der Waals surface area contributed by atoms with Gasteiger partial charge in [-0.15, -0.1) is 0 Å². The van der Waals surface area contributed by atoms with Crippen molar-refractivity contribution < 1.29 is 8.78 Å². The predicted octanol–water partition coefficient (Wildman–Crippen LogP) is 6.91. The van der Waals surface area contributed by atoms with E-state index in [4.69, 9.17) is 0 Å². The van der Waals surface area contributed by atoms with E-state index in [-0.39, 0.29) is 5.52 Å². The van der Waals surface area contributed by atoms with E-state index >= 15 is 0 Å². The predicted molar refractivity (Wildman–Crippen MR) is 126 cm³/mol. The van der Waals surface area contributed by atoms with Crippen molar-refractivity contribution in [2.45, 2.75) is 48.0 Å². The van der Waals surface area contributed by atoms with Crippen molar-refractivity contribution in [1.82, 2.24) is 19.5 Å². The minimum absolute atomic E-state index is 0.245. The number of nitrogens with one attached hydrogen (secondary N) is 2. The van der Waals surface area contributed by atoms with Crippen LogP contribution < -0.4 is 5.32 Å². The SMILES string of the molecule is CC.CC(C)C.CCCNc1nc(-c2c[nH]c3c(F)cc(F)cc23)nc2c1ccn2C. The van der Waals surface area contributed by atoms with E-state index in [9.17, 15) is 8.78 Å². The van der Waals surface area contributed by atoms with Gasteiger partial charge in [-0.2, -0.15) is 0 Å². The lowest BCUT2D eigenvalue weighted by Crippen LogP contribution is -2.05. The Morgan fingerprint density at radius 3 is 2.42 bits per heavy atom. The summed E-state index contributed by atoms with van der Waals surface area (Å²) in [6.07, 6.45) is 4.48. The number of rotatable bonds is 4. The molecule has 0 aliphatic carbocycles. The first kappa shape index (κ1) is 24.3. The Labute approximate surface area is 182 Å². The van der Waals surface area contributed by atoms with Crippen molar-refractivity contribution in [1.29, 1.82) is 0 Å². The maximum Gasteiger partial charge on any atom is 0.166 e. The number of anilines is 1. The van der Waals surface area contributed by atoms with Crippen LogP contribution in [-0.4, -0.2) is 26.1 Å². The highest BCUT2D eigenvalue weighted by Gasteiger charge is 2.17. The van der Waals surface area contributed by atoms with Gasteiger partial charge in [0.05, 0.1) is 10.9 Å². The Kier molecular flexibility index (Phi) is 8.54. The monoisotopic (exact) mass is 429 g/mol. The van der Waals surface area contributed by atoms with Crippen LogP contribution in [0.4, 0.5) is 14.6 Å². The first-order chi connectivity index (χ1) is 14.8. The molecule has 0 aliphatic heterocycles. The van der Waals surface area contributed by atoms with Gasteiger partial charge in [0.1, 0.15) is 23.1 Å². The van der Waals surface area contributed by atoms with Crippen LogP contribution in [0.3, 0.4) is 0 Å². The fourth-order valence-corrected chi connectivity index (χ4v) is 2.98. The second-order valence-corrected chi connectivity index (χ2v) is 7.73. The molecule has 5 nitrogen and oxygen atoms in total. The third-order valence-electron chi connectivity index (χ3n) is 4.21. The molecule has 0 bridgehead atoms. The zero-order valence-corrected chi connectivity index (χ0v) is 19.5. The van der Waals surface area contributed by atoms with Gasteiger partial charge in [-0.25, -0.2) is 18.7 Å². The van der Waals surface area contributed by atoms with E-state index in [0.29, 0.717) is 22.6 Å². The summed E-state index contributed by atoms with van der Waals surface area (Å²) in [5, 5.41) is 4.64. The molecule has 7 heteroatoms. The number of halogens is 2. The number of benzene rings is 1. The Hall–Kier alpha value is -2.96. The molecule has 168 valence electrons. The van der Waals surface area contributed by atoms with Crippen molar-refractivity contribution >= 4 is 27.8 Å². The van der Waals surface area contributed by atoms with Crippen LogP contribution in [0.2, 0.25) is 0 Å². The zero-order chi connectivity index (χ0) is 23.1. The Morgan fingerprint density at radius 1 is 1.10 bits per heavy atom. The summed E-state index contributed by atoms with van der Waals surface area (Å²) in [6, 6.07) is 4.10. The molecule has 4 rings (SSSR count). The highest BCUT2D eigenvalue weighted by Crippen LogP contribution is 2.31. The van der Waals surface area contributed by atoms with Gasteiger partial charge >= 0.3 is 0 Å². The summed E-state index contributed by atoms with van der Waals surface area (Å²) >= 11 is 0. The molecule has 4 aromatic rings. The normalized spacial score (nSPS) is 10.6. The molecule has 0 saturated carbocycles. The standard InChI is InChI=1S/C18H17F2N5.C4H10.C2H6/c1-3-5-21-16-11-4-6-25(2)18(11)24-17(23-16)13-9-22-15-12(13)7-10(19)8-14(15)20;1-4(2)3;1-2/h4,6-9,22H,3,5H2,1-2H3,(H,21,23,24);4H,1-3H3;1-2H3. The van der Waals surface area contributed by atoms with Crippen LogP contribution in [0.5, 0.6) is 0 Å². The first-order valence-electron chi connectivity index (χ1n) is 10.8. The fourth-order valence-electron chi connectivity index (χ4n) is 2.98. The van der Waals surface area contributed by atoms with Crippen LogP contribution in [0.15, 0.2) is 30.6 Å². The second-order valence-electron chi connectivity index (χ2n) is 7.73. The zero-order valence-electron chi connectivity index (χ0n) is 19.5. The van der Waals surface area contributed by atoms with Crippen LogP contribution in [0.1, 0.15) is 48.0 Å². The maximum absolute atomic E-state index is 14.0. The van der Waals surface area contributed by atoms with Crippen molar-refractivity contribution in [3.05, 3.63) is 42.2 Å². The van der Waals surface area contributed by atoms with Crippen molar-refractivity contribution in [3.63, 3.8) is 0 Å². The number of nitrogens with zero attached hydrogens (tertiary/aromatic N) is 3. The van der Waals surface area contributed by atoms with Crippen molar-refractivity contribution in [2.24, 2.45) is 13.0 Å². The fraction of sp³-hybridized carbons (Fsp3) is 0.417. The number of hydrogen-bond acceptors (Lipinski definition) is 3. The molecule has 0 unspecified atom stereocenters. The van der Waals surface area contributed by atoms with Crippen molar-refractivity contribution in [3.8, 4) is 11.4 Å². The molecule has 0 saturated heterocycles. The molecule has 1 aromatic carbocycles. The van der Waals surface area contributed by atoms with E-state index in [1.165, 1.54) is 6.07 Å². The van der Waals surface area contributed by atoms with Gasteiger partial charge in [0.15, 0.2) is 5.82 Å². The maximum atomic E-state index is 14.0. The summed E-state index contributed by atoms with van der Waals surface area (Å²) in [5.74, 6) is 0.707. The molecule has 0 atom stereocenters. The van der Waals surface area contributed by atoms with Crippen LogP contribution in [0, 0.1) is 17.6 Å². The lowest BCUT2D eigenvalue weighted by Gasteiger charge is -2.08. The van der Waals surface area contributed by atoms with Gasteiger partial charge in [0.25, 0.3) is 0 Å². The van der Waals surface area contributed by atoms with Crippen LogP contribution >= 0.6 is 0 Å². The lowest BCUT2D eigenvalue weighted by atomic mass is 10.1. The van der Waals surface area contributed by atoms with E-state index in [1.54, 1.807) is 6.20 Å². The Morgan fingerprint density at radius 2 is 1.77 bits per heavy atom. The molecule has 0 spiro atoms. The molecule has 31 heavy (non-hydrogen) atoms. The molecule has 2 N–H and O–H groups in total. The van der Waals surface area contributed by atoms with E-state index in [1.807, 2.05) is 37.7 Å². The average Bonchev–Trinajstić information content (AvgIpc) is 3.31. The number of hydrogen-bond donors (Lipinski definition) is 2. The summed E-state index contributed by atoms with van der Waals surface area (Å²) in [5.41, 5.74) is 1.57. The molecule has 0 radical (unpaired) electrons. The third kappa shape index (κ3) is 5.60. The van der Waals surface area contributed by atoms with Gasteiger partial charge in [-0.1, -0.05) is 41.5 Å². The average molecular weight is 430 g/mol. The number of aromatic amines is 1. The molecule has 0 fully saturated rings. The van der Waals surface area contributed by atoms with Gasteiger partial charge in [0.2, 0.25) is 0 Å². The minimum Gasteiger partial charge on any atom is -0.369 e. The first-order valence-corrected chi connectivity index (χ1v) is 10.8. The quantitative estimate of drug-likeness (QED) is 0.371. The molecule has 0 amide bonds. The van der Waals surface area contributed by atoms with Gasteiger partial charge in [-0.05, 0) is 24.5 Å². The second kappa shape index (κ2) is 10.9. The van der Waals surface area contributed by atoms with Crippen LogP contribution in [-0.2, 0) is 7.05 Å². The Balaban J connectivity index is 0.000000513. The lowest BCUT2D eigenvalue weighted by molar-refractivity contribution is 0.591. The van der Waals surface area contributed by atoms with Gasteiger partial charge < -0.3 is 14.9 Å². The number of aryl methyl sites for hydroxylation is 1. The number of H-pyrrole nitrogens is 1. The minimum atomic E-state index is -0.634. The topological polar surface area (TPSA) is 58.5 Å². The summed E-state index contributed by atoms with van der Waals surface area (Å²) in [6.45, 7) is 13.3. The molecule has 3 aromatic heterocycles. The highest BCUT2D eigenvalue weighted by atomic mass is 19.1. The van der Waals surface area contributed by atoms with E-state index < -0.39 is 11.6 Å². The van der Waals surface area contributed by atoms with Crippen molar-refractivity contribution in [2.75, 3.05) is 11.9 Å². The van der Waals surface area contributed by atoms with Gasteiger partial charge in [0, 0.05) is 43.0 Å². The molecule has 3 heterocycles. The van der Waals surface area contributed by atoms with Crippen LogP contribution in [0.25, 0.3) is 33.3 Å². The smallest absolute Gasteiger partial charge is 0.166 e. The van der Waals surface area contributed by atoms with Gasteiger partial charge in [-0.3, -0.25) is 0 Å². The third-order valence-corrected chi connectivity index (χ3v) is 4.21. The molecule has 0 aliphatic rings. The summed E-state index contributed by atoms with van der Waals surface area (Å²) in [7, 11) is 1.90. The van der Waals surface area contributed by atoms with E-state index in [0.717, 1.165) is 36.0 Å². The Bertz CT molecular complexity index is 1130. The summed E-state index contributed by atoms with van der Waals surface area (Å²) in [4.78, 5) is 12.1. The number of aromatic nitrogens is 4. The van der Waals surface area contributed by atoms with E-state index in [2.05, 4.69) is 48.0 Å². The summed E-state index contributed by atoms with van der Waals surface area (Å²) < 4.78 is 29.5. The highest BCUT2D eigenvalue weighted by molar-refractivity contribution is 5.96. The molecular formula is C24H33F2N5. The molecular weight excluding hydrogens is 396 g/mol.